The van der Waals surface area contributed by atoms with Crippen molar-refractivity contribution in [2.75, 3.05) is 0 Å². The van der Waals surface area contributed by atoms with Gasteiger partial charge in [0, 0.05) is 13.2 Å². The second-order valence-corrected chi connectivity index (χ2v) is 4.70. The molecule has 7 heteroatoms. The molecule has 3 aromatic rings. The Morgan fingerprint density at radius 1 is 1.29 bits per heavy atom. The number of H-pyrrole nitrogens is 1. The predicted molar refractivity (Wildman–Crippen MR) is 78.4 cm³/mol. The molecule has 0 aliphatic carbocycles. The number of para-hydroxylation sites is 1. The Hall–Kier alpha value is -2.96. The maximum Gasteiger partial charge on any atom is 0.276 e. The standard InChI is InChI=1S/C14H13N5O2/c1-8-7-19(2)12-11(8)15-14(16-13(12)21)18-17-9-5-3-4-6-10(9)20/h3-7,20H,1-2H3,(H,15,16,21). The summed E-state index contributed by atoms with van der Waals surface area (Å²) >= 11 is 0. The molecule has 0 unspecified atom stereocenters. The zero-order valence-electron chi connectivity index (χ0n) is 11.5. The number of hydrogen-bond acceptors (Lipinski definition) is 5. The first-order valence-electron chi connectivity index (χ1n) is 6.32. The molecule has 21 heavy (non-hydrogen) atoms. The molecule has 2 N–H and O–H groups in total. The number of phenolic OH excluding ortho intramolecular Hbond substituents is 1. The molecular weight excluding hydrogens is 270 g/mol. The summed E-state index contributed by atoms with van der Waals surface area (Å²) in [6, 6.07) is 6.54. The van der Waals surface area contributed by atoms with Gasteiger partial charge in [-0.2, -0.15) is 0 Å². The van der Waals surface area contributed by atoms with Crippen LogP contribution in [0, 0.1) is 6.92 Å². The van der Waals surface area contributed by atoms with Gasteiger partial charge in [0.15, 0.2) is 0 Å². The third-order valence-electron chi connectivity index (χ3n) is 3.13. The summed E-state index contributed by atoms with van der Waals surface area (Å²) in [5.74, 6) is 0.116. The number of fused-ring (bicyclic) bond motifs is 1. The van der Waals surface area contributed by atoms with Crippen LogP contribution in [0.4, 0.5) is 11.6 Å². The predicted octanol–water partition coefficient (Wildman–Crippen LogP) is 2.69. The number of azo groups is 1. The highest BCUT2D eigenvalue weighted by molar-refractivity contribution is 5.79. The molecule has 2 aromatic heterocycles. The smallest absolute Gasteiger partial charge is 0.276 e. The normalized spacial score (nSPS) is 11.5. The van der Waals surface area contributed by atoms with Gasteiger partial charge in [0.2, 0.25) is 5.95 Å². The van der Waals surface area contributed by atoms with Gasteiger partial charge in [-0.3, -0.25) is 9.78 Å². The fourth-order valence-corrected chi connectivity index (χ4v) is 2.17. The molecular formula is C14H13N5O2. The summed E-state index contributed by atoms with van der Waals surface area (Å²) in [6.45, 7) is 1.87. The maximum absolute atomic E-state index is 12.0. The lowest BCUT2D eigenvalue weighted by molar-refractivity contribution is 0.476. The van der Waals surface area contributed by atoms with Gasteiger partial charge in [0.1, 0.15) is 22.5 Å². The Kier molecular flexibility index (Phi) is 3.02. The van der Waals surface area contributed by atoms with Crippen LogP contribution in [0.15, 0.2) is 45.5 Å². The number of aryl methyl sites for hydroxylation is 2. The summed E-state index contributed by atoms with van der Waals surface area (Å²) in [6.07, 6.45) is 1.83. The third-order valence-corrected chi connectivity index (χ3v) is 3.13. The molecule has 0 bridgehead atoms. The van der Waals surface area contributed by atoms with E-state index in [0.29, 0.717) is 16.7 Å². The summed E-state index contributed by atoms with van der Waals surface area (Å²) in [7, 11) is 1.79. The zero-order valence-corrected chi connectivity index (χ0v) is 11.5. The topological polar surface area (TPSA) is 95.6 Å². The van der Waals surface area contributed by atoms with Gasteiger partial charge in [-0.1, -0.05) is 12.1 Å². The van der Waals surface area contributed by atoms with E-state index in [1.807, 2.05) is 13.1 Å². The second-order valence-electron chi connectivity index (χ2n) is 4.70. The van der Waals surface area contributed by atoms with Gasteiger partial charge in [0.25, 0.3) is 5.56 Å². The number of aromatic hydroxyl groups is 1. The van der Waals surface area contributed by atoms with E-state index in [9.17, 15) is 9.90 Å². The molecule has 2 heterocycles. The van der Waals surface area contributed by atoms with Gasteiger partial charge in [-0.05, 0) is 24.6 Å². The molecule has 0 amide bonds. The van der Waals surface area contributed by atoms with E-state index in [-0.39, 0.29) is 17.3 Å². The Morgan fingerprint density at radius 2 is 2.05 bits per heavy atom. The SMILES string of the molecule is Cc1cn(C)c2c(=O)[nH]c(N=Nc3ccccc3O)nc12. The van der Waals surface area contributed by atoms with E-state index in [1.54, 1.807) is 29.8 Å². The van der Waals surface area contributed by atoms with Crippen LogP contribution in [0.2, 0.25) is 0 Å². The molecule has 0 saturated carbocycles. The highest BCUT2D eigenvalue weighted by Crippen LogP contribution is 2.26. The average Bonchev–Trinajstić information content (AvgIpc) is 2.73. The quantitative estimate of drug-likeness (QED) is 0.708. The van der Waals surface area contributed by atoms with Gasteiger partial charge < -0.3 is 9.67 Å². The minimum atomic E-state index is -0.276. The van der Waals surface area contributed by atoms with Crippen LogP contribution < -0.4 is 5.56 Å². The summed E-state index contributed by atoms with van der Waals surface area (Å²) < 4.78 is 1.72. The van der Waals surface area contributed by atoms with E-state index in [1.165, 1.54) is 6.07 Å². The van der Waals surface area contributed by atoms with Crippen LogP contribution in [0.5, 0.6) is 5.75 Å². The van der Waals surface area contributed by atoms with Crippen LogP contribution >= 0.6 is 0 Å². The number of aromatic amines is 1. The van der Waals surface area contributed by atoms with Crippen molar-refractivity contribution in [3.05, 3.63) is 46.4 Å². The molecule has 3 rings (SSSR count). The summed E-state index contributed by atoms with van der Waals surface area (Å²) in [5, 5.41) is 17.4. The molecule has 0 spiro atoms. The van der Waals surface area contributed by atoms with Crippen molar-refractivity contribution >= 4 is 22.7 Å². The van der Waals surface area contributed by atoms with Crippen LogP contribution in [-0.4, -0.2) is 19.6 Å². The van der Waals surface area contributed by atoms with Crippen LogP contribution in [0.25, 0.3) is 11.0 Å². The van der Waals surface area contributed by atoms with Gasteiger partial charge in [-0.25, -0.2) is 4.98 Å². The zero-order chi connectivity index (χ0) is 15.0. The number of aromatic nitrogens is 3. The van der Waals surface area contributed by atoms with Crippen LogP contribution in [0.3, 0.4) is 0 Å². The number of nitrogens with zero attached hydrogens (tertiary/aromatic N) is 4. The van der Waals surface area contributed by atoms with Crippen molar-refractivity contribution in [1.29, 1.82) is 0 Å². The van der Waals surface area contributed by atoms with Crippen molar-refractivity contribution in [3.63, 3.8) is 0 Å². The summed E-state index contributed by atoms with van der Waals surface area (Å²) in [4.78, 5) is 18.9. The van der Waals surface area contributed by atoms with Crippen LogP contribution in [-0.2, 0) is 7.05 Å². The molecule has 106 valence electrons. The Labute approximate surface area is 119 Å². The van der Waals surface area contributed by atoms with Crippen molar-refractivity contribution in [2.24, 2.45) is 17.3 Å². The number of hydrogen-bond donors (Lipinski definition) is 2. The third kappa shape index (κ3) is 2.29. The van der Waals surface area contributed by atoms with Crippen molar-refractivity contribution < 1.29 is 5.11 Å². The van der Waals surface area contributed by atoms with Crippen molar-refractivity contribution in [2.45, 2.75) is 6.92 Å². The Balaban J connectivity index is 2.08. The van der Waals surface area contributed by atoms with Crippen molar-refractivity contribution in [3.8, 4) is 5.75 Å². The minimum absolute atomic E-state index is 0.0144. The van der Waals surface area contributed by atoms with Crippen molar-refractivity contribution in [1.82, 2.24) is 14.5 Å². The molecule has 7 nitrogen and oxygen atoms in total. The lowest BCUT2D eigenvalue weighted by Gasteiger charge is -1.97. The molecule has 0 aliphatic heterocycles. The highest BCUT2D eigenvalue weighted by atomic mass is 16.3. The Bertz CT molecular complexity index is 907. The van der Waals surface area contributed by atoms with E-state index in [2.05, 4.69) is 20.2 Å². The molecule has 0 fully saturated rings. The lowest BCUT2D eigenvalue weighted by atomic mass is 10.3. The first-order valence-corrected chi connectivity index (χ1v) is 6.32. The van der Waals surface area contributed by atoms with Gasteiger partial charge in [0.05, 0.1) is 0 Å². The number of rotatable bonds is 2. The average molecular weight is 283 g/mol. The monoisotopic (exact) mass is 283 g/mol. The van der Waals surface area contributed by atoms with Gasteiger partial charge in [-0.15, -0.1) is 10.2 Å². The summed E-state index contributed by atoms with van der Waals surface area (Å²) in [5.41, 5.74) is 2.01. The fraction of sp³-hybridized carbons (Fsp3) is 0.143. The minimum Gasteiger partial charge on any atom is -0.506 e. The lowest BCUT2D eigenvalue weighted by Crippen LogP contribution is -2.09. The second kappa shape index (κ2) is 4.86. The number of phenols is 1. The molecule has 0 radical (unpaired) electrons. The fourth-order valence-electron chi connectivity index (χ4n) is 2.17. The molecule has 1 aromatic carbocycles. The molecule has 0 atom stereocenters. The highest BCUT2D eigenvalue weighted by Gasteiger charge is 2.10. The Morgan fingerprint density at radius 3 is 2.81 bits per heavy atom. The van der Waals surface area contributed by atoms with E-state index in [0.717, 1.165) is 5.56 Å². The first kappa shape index (κ1) is 13.0. The van der Waals surface area contributed by atoms with E-state index in [4.69, 9.17) is 0 Å². The molecule has 0 saturated heterocycles. The van der Waals surface area contributed by atoms with Gasteiger partial charge >= 0.3 is 0 Å². The first-order chi connectivity index (χ1) is 10.1. The number of benzene rings is 1. The van der Waals surface area contributed by atoms with Crippen LogP contribution in [0.1, 0.15) is 5.56 Å². The van der Waals surface area contributed by atoms with E-state index < -0.39 is 0 Å². The largest absolute Gasteiger partial charge is 0.506 e. The van der Waals surface area contributed by atoms with E-state index >= 15 is 0 Å². The number of nitrogens with one attached hydrogen (secondary N) is 1. The maximum atomic E-state index is 12.0. The molecule has 0 aliphatic rings.